The Labute approximate surface area is 306 Å². The fourth-order valence-electron chi connectivity index (χ4n) is 8.87. The third-order valence-corrected chi connectivity index (χ3v) is 11.4. The molecule has 12 nitrogen and oxygen atoms in total. The molecule has 0 aromatic heterocycles. The smallest absolute Gasteiger partial charge is 0.269 e. The van der Waals surface area contributed by atoms with E-state index in [0.717, 1.165) is 9.91 Å². The van der Waals surface area contributed by atoms with E-state index in [1.807, 2.05) is 6.08 Å². The highest BCUT2D eigenvalue weighted by Crippen LogP contribution is 2.65. The number of halogens is 2. The minimum Gasteiger partial charge on any atom is -0.508 e. The van der Waals surface area contributed by atoms with Gasteiger partial charge in [0.1, 0.15) is 17.3 Å². The summed E-state index contributed by atoms with van der Waals surface area (Å²) in [7, 11) is 1.44. The number of carbonyl (C=O) groups is 4. The van der Waals surface area contributed by atoms with Crippen LogP contribution in [0.1, 0.15) is 29.9 Å². The Morgan fingerprint density at radius 2 is 1.62 bits per heavy atom. The summed E-state index contributed by atoms with van der Waals surface area (Å²) >= 11 is 6.33. The Morgan fingerprint density at radius 3 is 2.26 bits per heavy atom. The molecule has 1 saturated carbocycles. The molecule has 4 aliphatic rings. The zero-order chi connectivity index (χ0) is 37.3. The molecule has 268 valence electrons. The monoisotopic (exact) mass is 736 g/mol. The molecule has 2 saturated heterocycles. The molecule has 8 rings (SSSR count). The number of nitro groups is 1. The van der Waals surface area contributed by atoms with E-state index in [2.05, 4.69) is 5.43 Å². The number of allylic oxidation sites excluding steroid dienone is 2. The number of hydrogen-bond donors (Lipinski definition) is 2. The standard InChI is InChI=1S/C39H30ClFN4O8/c1-53-26-14-15-28(32(46)18-26)34-27-16-17-29-33(37(49)43(35(29)47)24-10-12-25(13-11-24)45(51)52)30(27)19-31-36(48)44(42-23-8-6-22(41)7-9-23)38(50)39(31,34)20-2-4-21(40)5-3-20/h2-16,18,29-31,33-34,42,46H,17,19H2,1H3/t29-,30+,31-,33-,34+,39+/m0/s1. The summed E-state index contributed by atoms with van der Waals surface area (Å²) in [5.74, 6) is -7.25. The molecule has 2 N–H and O–H groups in total. The number of phenolic OH excluding ortho intramolecular Hbond substituents is 1. The number of anilines is 2. The summed E-state index contributed by atoms with van der Waals surface area (Å²) in [6.07, 6.45) is 1.95. The van der Waals surface area contributed by atoms with Gasteiger partial charge in [0.15, 0.2) is 0 Å². The second-order valence-electron chi connectivity index (χ2n) is 13.6. The molecule has 0 radical (unpaired) electrons. The molecule has 2 aliphatic carbocycles. The average Bonchev–Trinajstić information content (AvgIpc) is 3.53. The number of nitro benzene ring substituents is 1. The van der Waals surface area contributed by atoms with Gasteiger partial charge < -0.3 is 9.84 Å². The highest BCUT2D eigenvalue weighted by Gasteiger charge is 2.70. The fraction of sp³-hybridized carbons (Fsp3) is 0.231. The Morgan fingerprint density at radius 1 is 0.925 bits per heavy atom. The van der Waals surface area contributed by atoms with Gasteiger partial charge in [0.2, 0.25) is 11.8 Å². The molecule has 4 amide bonds. The van der Waals surface area contributed by atoms with E-state index in [1.54, 1.807) is 36.4 Å². The molecule has 4 aromatic rings. The topological polar surface area (TPSA) is 159 Å². The first kappa shape index (κ1) is 34.0. The van der Waals surface area contributed by atoms with Gasteiger partial charge in [0.25, 0.3) is 17.5 Å². The molecule has 53 heavy (non-hydrogen) atoms. The number of methoxy groups -OCH3 is 1. The van der Waals surface area contributed by atoms with Crippen LogP contribution in [0.25, 0.3) is 0 Å². The largest absolute Gasteiger partial charge is 0.508 e. The van der Waals surface area contributed by atoms with Gasteiger partial charge in [-0.25, -0.2) is 4.39 Å². The van der Waals surface area contributed by atoms with Crippen LogP contribution in [0.15, 0.2) is 103 Å². The molecule has 2 heterocycles. The molecule has 6 atom stereocenters. The van der Waals surface area contributed by atoms with Crippen LogP contribution >= 0.6 is 11.6 Å². The van der Waals surface area contributed by atoms with Gasteiger partial charge in [-0.05, 0) is 78.9 Å². The molecule has 14 heteroatoms. The molecule has 0 bridgehead atoms. The molecular formula is C39H30ClFN4O8. The number of hydrogen-bond acceptors (Lipinski definition) is 9. The summed E-state index contributed by atoms with van der Waals surface area (Å²) < 4.78 is 19.2. The van der Waals surface area contributed by atoms with Crippen molar-refractivity contribution in [3.63, 3.8) is 0 Å². The van der Waals surface area contributed by atoms with Gasteiger partial charge in [-0.2, -0.15) is 5.01 Å². The lowest BCUT2D eigenvalue weighted by molar-refractivity contribution is -0.384. The predicted molar refractivity (Wildman–Crippen MR) is 189 cm³/mol. The first-order valence-corrected chi connectivity index (χ1v) is 17.2. The number of nitrogens with one attached hydrogen (secondary N) is 1. The quantitative estimate of drug-likeness (QED) is 0.0962. The first-order valence-electron chi connectivity index (χ1n) is 16.8. The van der Waals surface area contributed by atoms with Crippen LogP contribution < -0.4 is 15.1 Å². The number of nitrogens with zero attached hydrogens (tertiary/aromatic N) is 3. The zero-order valence-corrected chi connectivity index (χ0v) is 28.7. The van der Waals surface area contributed by atoms with E-state index in [0.29, 0.717) is 27.5 Å². The van der Waals surface area contributed by atoms with Crippen molar-refractivity contribution >= 4 is 52.3 Å². The number of ether oxygens (including phenoxy) is 1. The summed E-state index contributed by atoms with van der Waals surface area (Å²) in [5.41, 5.74) is 2.80. The SMILES string of the molecule is COc1ccc([C@H]2C3=CC[C@@H]4C(=O)N(c5ccc([N+](=O)[O-])cc5)C(=O)[C@@H]4[C@@H]3C[C@H]3C(=O)N(Nc4ccc(F)cc4)C(=O)[C@@]23c2ccc(Cl)cc2)c(O)c1. The molecule has 4 aromatic carbocycles. The predicted octanol–water partition coefficient (Wildman–Crippen LogP) is 6.29. The Kier molecular flexibility index (Phi) is 8.06. The number of non-ortho nitro benzene ring substituents is 1. The number of amides is 4. The van der Waals surface area contributed by atoms with Gasteiger partial charge in [-0.15, -0.1) is 0 Å². The average molecular weight is 737 g/mol. The van der Waals surface area contributed by atoms with Crippen LogP contribution in [-0.2, 0) is 24.6 Å². The van der Waals surface area contributed by atoms with Crippen LogP contribution in [-0.4, -0.2) is 45.8 Å². The summed E-state index contributed by atoms with van der Waals surface area (Å²) in [5, 5.41) is 24.2. The van der Waals surface area contributed by atoms with E-state index in [4.69, 9.17) is 16.3 Å². The number of hydrazine groups is 1. The van der Waals surface area contributed by atoms with Crippen molar-refractivity contribution in [1.29, 1.82) is 0 Å². The highest BCUT2D eigenvalue weighted by molar-refractivity contribution is 6.30. The first-order chi connectivity index (χ1) is 25.4. The molecule has 2 aliphatic heterocycles. The normalized spacial score (nSPS) is 26.2. The third kappa shape index (κ3) is 5.09. The zero-order valence-electron chi connectivity index (χ0n) is 27.9. The van der Waals surface area contributed by atoms with Crippen LogP contribution in [0.4, 0.5) is 21.5 Å². The van der Waals surface area contributed by atoms with Gasteiger partial charge in [-0.1, -0.05) is 41.4 Å². The Hall–Kier alpha value is -6.08. The van der Waals surface area contributed by atoms with Gasteiger partial charge in [-0.3, -0.25) is 39.6 Å². The number of phenols is 1. The van der Waals surface area contributed by atoms with Crippen molar-refractivity contribution in [1.82, 2.24) is 5.01 Å². The van der Waals surface area contributed by atoms with Crippen LogP contribution in [0, 0.1) is 39.6 Å². The van der Waals surface area contributed by atoms with Gasteiger partial charge in [0, 0.05) is 34.7 Å². The maximum Gasteiger partial charge on any atom is 0.269 e. The third-order valence-electron chi connectivity index (χ3n) is 11.1. The highest BCUT2D eigenvalue weighted by atomic mass is 35.5. The van der Waals surface area contributed by atoms with Crippen LogP contribution in [0.3, 0.4) is 0 Å². The molecule has 0 spiro atoms. The number of carbonyl (C=O) groups excluding carboxylic acids is 4. The van der Waals surface area contributed by atoms with Crippen molar-refractivity contribution in [3.8, 4) is 11.5 Å². The van der Waals surface area contributed by atoms with Crippen molar-refractivity contribution in [3.05, 3.63) is 135 Å². The van der Waals surface area contributed by atoms with Crippen LogP contribution in [0.5, 0.6) is 11.5 Å². The maximum absolute atomic E-state index is 15.2. The van der Waals surface area contributed by atoms with E-state index < -0.39 is 69.4 Å². The number of fused-ring (bicyclic) bond motifs is 4. The number of aromatic hydroxyl groups is 1. The minimum atomic E-state index is -1.68. The van der Waals surface area contributed by atoms with Gasteiger partial charge in [0.05, 0.1) is 46.6 Å². The van der Waals surface area contributed by atoms with E-state index in [-0.39, 0.29) is 35.7 Å². The van der Waals surface area contributed by atoms with Crippen molar-refractivity contribution < 1.29 is 38.3 Å². The van der Waals surface area contributed by atoms with Crippen LogP contribution in [0.2, 0.25) is 5.02 Å². The summed E-state index contributed by atoms with van der Waals surface area (Å²) in [6, 6.07) is 21.5. The minimum absolute atomic E-state index is 0.0116. The number of imide groups is 2. The molecule has 0 unspecified atom stereocenters. The summed E-state index contributed by atoms with van der Waals surface area (Å²) in [4.78, 5) is 70.1. The van der Waals surface area contributed by atoms with Crippen molar-refractivity contribution in [2.45, 2.75) is 24.2 Å². The number of benzene rings is 4. The maximum atomic E-state index is 15.2. The lowest BCUT2D eigenvalue weighted by Crippen LogP contribution is -2.53. The van der Waals surface area contributed by atoms with Crippen molar-refractivity contribution in [2.24, 2.45) is 23.7 Å². The van der Waals surface area contributed by atoms with Gasteiger partial charge >= 0.3 is 0 Å². The lowest BCUT2D eigenvalue weighted by Gasteiger charge is -2.50. The lowest BCUT2D eigenvalue weighted by atomic mass is 9.49. The van der Waals surface area contributed by atoms with E-state index in [1.165, 1.54) is 61.7 Å². The van der Waals surface area contributed by atoms with Crippen molar-refractivity contribution in [2.75, 3.05) is 17.4 Å². The number of rotatable bonds is 7. The Balaban J connectivity index is 1.31. The molecular weight excluding hydrogens is 707 g/mol. The fourth-order valence-corrected chi connectivity index (χ4v) is 9.00. The second-order valence-corrected chi connectivity index (χ2v) is 14.0. The Bertz CT molecular complexity index is 2250. The van der Waals surface area contributed by atoms with E-state index in [9.17, 15) is 34.0 Å². The second kappa shape index (κ2) is 12.6. The molecule has 3 fully saturated rings. The summed E-state index contributed by atoms with van der Waals surface area (Å²) in [6.45, 7) is 0. The van der Waals surface area contributed by atoms with E-state index >= 15 is 4.79 Å².